The SMILES string of the molecule is Cc1csc(=O)n1CCC(=O)N1CCN(Cc2ccccc2)CCC1C. The second-order valence-electron chi connectivity index (χ2n) is 7.03. The fourth-order valence-electron chi connectivity index (χ4n) is 3.50. The topological polar surface area (TPSA) is 45.6 Å². The summed E-state index contributed by atoms with van der Waals surface area (Å²) in [5.41, 5.74) is 2.25. The molecule has 1 unspecified atom stereocenters. The van der Waals surface area contributed by atoms with E-state index >= 15 is 0 Å². The summed E-state index contributed by atoms with van der Waals surface area (Å²) in [7, 11) is 0. The molecule has 1 aliphatic rings. The molecule has 0 saturated carbocycles. The Morgan fingerprint density at radius 1 is 1.19 bits per heavy atom. The van der Waals surface area contributed by atoms with Gasteiger partial charge in [-0.1, -0.05) is 41.7 Å². The van der Waals surface area contributed by atoms with Gasteiger partial charge in [0, 0.05) is 56.3 Å². The van der Waals surface area contributed by atoms with E-state index in [9.17, 15) is 9.59 Å². The van der Waals surface area contributed by atoms with Crippen molar-refractivity contribution in [2.24, 2.45) is 0 Å². The van der Waals surface area contributed by atoms with Gasteiger partial charge in [0.2, 0.25) is 5.91 Å². The van der Waals surface area contributed by atoms with Gasteiger partial charge in [-0.3, -0.25) is 14.5 Å². The van der Waals surface area contributed by atoms with Crippen molar-refractivity contribution in [3.63, 3.8) is 0 Å². The molecule has 3 rings (SSSR count). The summed E-state index contributed by atoms with van der Waals surface area (Å²) in [4.78, 5) is 29.0. The number of rotatable bonds is 5. The average Bonchev–Trinajstić information content (AvgIpc) is 2.84. The number of hydrogen-bond donors (Lipinski definition) is 0. The van der Waals surface area contributed by atoms with Crippen LogP contribution in [0.2, 0.25) is 0 Å². The lowest BCUT2D eigenvalue weighted by Gasteiger charge is -2.27. The van der Waals surface area contributed by atoms with Gasteiger partial charge in [0.1, 0.15) is 0 Å². The first-order valence-electron chi connectivity index (χ1n) is 9.25. The smallest absolute Gasteiger partial charge is 0.307 e. The molecule has 2 aromatic rings. The van der Waals surface area contributed by atoms with Crippen LogP contribution in [0.1, 0.15) is 31.0 Å². The van der Waals surface area contributed by atoms with E-state index in [0.29, 0.717) is 13.0 Å². The standard InChI is InChI=1S/C20H27N3O2S/c1-16-8-10-21(14-18-6-4-3-5-7-18)12-13-22(16)19(24)9-11-23-17(2)15-26-20(23)25/h3-7,15-16H,8-14H2,1-2H3. The number of thiazole rings is 1. The molecule has 1 aliphatic heterocycles. The number of aromatic nitrogens is 1. The second-order valence-corrected chi connectivity index (χ2v) is 7.85. The predicted molar refractivity (Wildman–Crippen MR) is 105 cm³/mol. The lowest BCUT2D eigenvalue weighted by molar-refractivity contribution is -0.133. The number of carbonyl (C=O) groups is 1. The van der Waals surface area contributed by atoms with Crippen molar-refractivity contribution in [3.05, 3.63) is 56.6 Å². The number of nitrogens with zero attached hydrogens (tertiary/aromatic N) is 3. The fourth-order valence-corrected chi connectivity index (χ4v) is 4.26. The van der Waals surface area contributed by atoms with Crippen molar-refractivity contribution in [1.82, 2.24) is 14.4 Å². The highest BCUT2D eigenvalue weighted by Crippen LogP contribution is 2.15. The summed E-state index contributed by atoms with van der Waals surface area (Å²) >= 11 is 1.20. The van der Waals surface area contributed by atoms with E-state index in [4.69, 9.17) is 0 Å². The Hall–Kier alpha value is -1.92. The molecule has 0 spiro atoms. The molecule has 140 valence electrons. The summed E-state index contributed by atoms with van der Waals surface area (Å²) in [6.07, 6.45) is 1.37. The van der Waals surface area contributed by atoms with Crippen LogP contribution in [0.3, 0.4) is 0 Å². The van der Waals surface area contributed by atoms with E-state index in [0.717, 1.165) is 38.3 Å². The average molecular weight is 374 g/mol. The van der Waals surface area contributed by atoms with Crippen molar-refractivity contribution in [2.75, 3.05) is 19.6 Å². The lowest BCUT2D eigenvalue weighted by Crippen LogP contribution is -2.40. The fraction of sp³-hybridized carbons (Fsp3) is 0.500. The predicted octanol–water partition coefficient (Wildman–Crippen LogP) is 2.73. The second kappa shape index (κ2) is 8.64. The molecular weight excluding hydrogens is 346 g/mol. The minimum atomic E-state index is 0.0215. The van der Waals surface area contributed by atoms with Crippen LogP contribution in [-0.4, -0.2) is 46.0 Å². The van der Waals surface area contributed by atoms with Crippen LogP contribution in [0, 0.1) is 6.92 Å². The molecule has 0 radical (unpaired) electrons. The monoisotopic (exact) mass is 373 g/mol. The van der Waals surface area contributed by atoms with Gasteiger partial charge in [-0.25, -0.2) is 0 Å². The normalized spacial score (nSPS) is 18.7. The highest BCUT2D eigenvalue weighted by Gasteiger charge is 2.24. The van der Waals surface area contributed by atoms with Gasteiger partial charge < -0.3 is 9.47 Å². The molecule has 0 bridgehead atoms. The maximum absolute atomic E-state index is 12.7. The van der Waals surface area contributed by atoms with Crippen molar-refractivity contribution in [1.29, 1.82) is 0 Å². The van der Waals surface area contributed by atoms with E-state index in [1.54, 1.807) is 4.57 Å². The van der Waals surface area contributed by atoms with Crippen LogP contribution < -0.4 is 4.87 Å². The number of hydrogen-bond acceptors (Lipinski definition) is 4. The van der Waals surface area contributed by atoms with Crippen LogP contribution in [0.25, 0.3) is 0 Å². The Morgan fingerprint density at radius 2 is 1.96 bits per heavy atom. The Morgan fingerprint density at radius 3 is 2.65 bits per heavy atom. The summed E-state index contributed by atoms with van der Waals surface area (Å²) in [5.74, 6) is 0.150. The molecule has 1 aromatic carbocycles. The van der Waals surface area contributed by atoms with E-state index in [2.05, 4.69) is 36.1 Å². The third-order valence-electron chi connectivity index (χ3n) is 5.15. The van der Waals surface area contributed by atoms with Gasteiger partial charge in [0.25, 0.3) is 0 Å². The molecule has 0 N–H and O–H groups in total. The first-order chi connectivity index (χ1) is 12.5. The van der Waals surface area contributed by atoms with E-state index in [1.807, 2.05) is 23.3 Å². The van der Waals surface area contributed by atoms with Gasteiger partial charge in [-0.2, -0.15) is 0 Å². The van der Waals surface area contributed by atoms with E-state index < -0.39 is 0 Å². The van der Waals surface area contributed by atoms with Gasteiger partial charge in [0.05, 0.1) is 0 Å². The van der Waals surface area contributed by atoms with Crippen molar-refractivity contribution >= 4 is 17.2 Å². The summed E-state index contributed by atoms with van der Waals surface area (Å²) in [5, 5.41) is 1.85. The van der Waals surface area contributed by atoms with Crippen LogP contribution in [0.5, 0.6) is 0 Å². The Labute approximate surface area is 158 Å². The Balaban J connectivity index is 1.56. The number of carbonyl (C=O) groups excluding carboxylic acids is 1. The van der Waals surface area contributed by atoms with Gasteiger partial charge in [-0.15, -0.1) is 0 Å². The maximum Gasteiger partial charge on any atom is 0.307 e. The van der Waals surface area contributed by atoms with Crippen molar-refractivity contribution in [2.45, 2.75) is 45.8 Å². The minimum Gasteiger partial charge on any atom is -0.339 e. The molecule has 26 heavy (non-hydrogen) atoms. The highest BCUT2D eigenvalue weighted by atomic mass is 32.1. The third kappa shape index (κ3) is 4.62. The molecule has 1 aromatic heterocycles. The third-order valence-corrected chi connectivity index (χ3v) is 6.03. The summed E-state index contributed by atoms with van der Waals surface area (Å²) in [6, 6.07) is 10.7. The number of benzene rings is 1. The Kier molecular flexibility index (Phi) is 6.27. The zero-order chi connectivity index (χ0) is 18.5. The largest absolute Gasteiger partial charge is 0.339 e. The zero-order valence-corrected chi connectivity index (χ0v) is 16.4. The first kappa shape index (κ1) is 18.9. The van der Waals surface area contributed by atoms with E-state index in [-0.39, 0.29) is 16.8 Å². The zero-order valence-electron chi connectivity index (χ0n) is 15.6. The lowest BCUT2D eigenvalue weighted by atomic mass is 10.2. The molecule has 1 saturated heterocycles. The molecule has 1 fully saturated rings. The quantitative estimate of drug-likeness (QED) is 0.810. The van der Waals surface area contributed by atoms with Crippen LogP contribution in [0.4, 0.5) is 0 Å². The number of aryl methyl sites for hydroxylation is 1. The van der Waals surface area contributed by atoms with Gasteiger partial charge in [0.15, 0.2) is 0 Å². The summed E-state index contributed by atoms with van der Waals surface area (Å²) < 4.78 is 1.70. The van der Waals surface area contributed by atoms with Crippen LogP contribution in [-0.2, 0) is 17.9 Å². The van der Waals surface area contributed by atoms with E-state index in [1.165, 1.54) is 16.9 Å². The summed E-state index contributed by atoms with van der Waals surface area (Å²) in [6.45, 7) is 8.10. The van der Waals surface area contributed by atoms with Crippen molar-refractivity contribution < 1.29 is 4.79 Å². The highest BCUT2D eigenvalue weighted by molar-refractivity contribution is 7.07. The number of amides is 1. The molecule has 6 heteroatoms. The molecule has 1 amide bonds. The molecule has 2 heterocycles. The molecule has 0 aliphatic carbocycles. The maximum atomic E-state index is 12.7. The Bertz CT molecular complexity index is 784. The van der Waals surface area contributed by atoms with Gasteiger partial charge >= 0.3 is 4.87 Å². The van der Waals surface area contributed by atoms with Crippen molar-refractivity contribution in [3.8, 4) is 0 Å². The van der Waals surface area contributed by atoms with Crippen LogP contribution in [0.15, 0.2) is 40.5 Å². The first-order valence-corrected chi connectivity index (χ1v) is 10.1. The van der Waals surface area contributed by atoms with Crippen LogP contribution >= 0.6 is 11.3 Å². The van der Waals surface area contributed by atoms with Gasteiger partial charge in [-0.05, 0) is 25.8 Å². The molecular formula is C20H27N3O2S. The minimum absolute atomic E-state index is 0.0215. The molecule has 5 nitrogen and oxygen atoms in total. The molecule has 1 atom stereocenters.